The highest BCUT2D eigenvalue weighted by molar-refractivity contribution is 6.60. The Kier molecular flexibility index (Phi) is 4.33. The van der Waals surface area contributed by atoms with Crippen LogP contribution < -0.4 is 11.0 Å². The van der Waals surface area contributed by atoms with Crippen molar-refractivity contribution in [3.8, 4) is 5.69 Å². The lowest BCUT2D eigenvalue weighted by molar-refractivity contribution is -0.141. The lowest BCUT2D eigenvalue weighted by Gasteiger charge is -2.23. The summed E-state index contributed by atoms with van der Waals surface area (Å²) in [5.41, 5.74) is -1.48. The van der Waals surface area contributed by atoms with Crippen LogP contribution in [0, 0.1) is 0 Å². The Balaban J connectivity index is 2.38. The number of benzene rings is 1. The van der Waals surface area contributed by atoms with E-state index < -0.39 is 22.8 Å². The number of nitrogens with zero attached hydrogens (tertiary/aromatic N) is 3. The number of fused-ring (bicyclic) bond motifs is 1. The molecule has 11 heteroatoms. The molecule has 1 N–H and O–H groups in total. The summed E-state index contributed by atoms with van der Waals surface area (Å²) in [7, 11) is 5.59. The number of pyridine rings is 1. The molecule has 0 amide bonds. The second-order valence-corrected chi connectivity index (χ2v) is 6.85. The van der Waals surface area contributed by atoms with Crippen LogP contribution in [-0.2, 0) is 6.18 Å². The van der Waals surface area contributed by atoms with Crippen LogP contribution in [0.5, 0.6) is 0 Å². The van der Waals surface area contributed by atoms with Gasteiger partial charge in [-0.2, -0.15) is 18.2 Å². The summed E-state index contributed by atoms with van der Waals surface area (Å²) in [5, 5.41) is 2.95. The second kappa shape index (κ2) is 6.23. The third-order valence-corrected chi connectivity index (χ3v) is 3.54. The maximum Gasteiger partial charge on any atom is 0.433 e. The Morgan fingerprint density at radius 2 is 1.62 bits per heavy atom. The van der Waals surface area contributed by atoms with Crippen LogP contribution in [0.15, 0.2) is 47.3 Å². The predicted molar refractivity (Wildman–Crippen MR) is 102 cm³/mol. The second-order valence-electron chi connectivity index (χ2n) is 6.85. The molecule has 0 fully saturated rings. The molecule has 26 heavy (non-hydrogen) atoms. The van der Waals surface area contributed by atoms with Crippen LogP contribution >= 0.6 is 0 Å². The van der Waals surface area contributed by atoms with Gasteiger partial charge in [0.1, 0.15) is 35.1 Å². The summed E-state index contributed by atoms with van der Waals surface area (Å²) in [6.07, 6.45) is -4.62. The van der Waals surface area contributed by atoms with Gasteiger partial charge in [-0.05, 0) is 29.5 Å². The van der Waals surface area contributed by atoms with E-state index in [4.69, 9.17) is 0 Å². The van der Waals surface area contributed by atoms with Crippen molar-refractivity contribution in [2.75, 3.05) is 5.32 Å². The Hall–Kier alpha value is -2.71. The molecule has 130 valence electrons. The van der Waals surface area contributed by atoms with E-state index in [0.717, 1.165) is 10.6 Å². The number of hydrogen-bond donors (Lipinski definition) is 1. The van der Waals surface area contributed by atoms with Gasteiger partial charge in [0.05, 0.1) is 11.1 Å². The van der Waals surface area contributed by atoms with Crippen molar-refractivity contribution in [2.45, 2.75) is 11.4 Å². The molecule has 0 aliphatic heterocycles. The maximum absolute atomic E-state index is 13.1. The van der Waals surface area contributed by atoms with Gasteiger partial charge in [-0.25, -0.2) is 14.3 Å². The molecule has 0 spiro atoms. The molecular formula is C15H14B3F3N4O. The number of aromatic nitrogens is 3. The number of nitrogens with one attached hydrogen (secondary N) is 1. The molecule has 0 radical (unpaired) electrons. The quantitative estimate of drug-likeness (QED) is 0.657. The number of anilines is 1. The van der Waals surface area contributed by atoms with Gasteiger partial charge in [0.25, 0.3) is 0 Å². The van der Waals surface area contributed by atoms with Crippen LogP contribution in [0.4, 0.5) is 19.0 Å². The lowest BCUT2D eigenvalue weighted by atomic mass is 9.49. The van der Waals surface area contributed by atoms with Crippen molar-refractivity contribution in [2.24, 2.45) is 0 Å². The van der Waals surface area contributed by atoms with Crippen LogP contribution in [0.2, 0.25) is 0 Å². The number of hydrogen-bond acceptors (Lipinski definition) is 4. The number of para-hydroxylation sites is 1. The molecule has 2 heterocycles. The first-order valence-corrected chi connectivity index (χ1v) is 7.91. The van der Waals surface area contributed by atoms with Gasteiger partial charge >= 0.3 is 11.9 Å². The number of halogens is 3. The Morgan fingerprint density at radius 1 is 0.962 bits per heavy atom. The molecule has 0 atom stereocenters. The van der Waals surface area contributed by atoms with Crippen molar-refractivity contribution in [3.05, 3.63) is 58.6 Å². The van der Waals surface area contributed by atoms with Crippen molar-refractivity contribution < 1.29 is 13.2 Å². The predicted octanol–water partition coefficient (Wildman–Crippen LogP) is -0.278. The van der Waals surface area contributed by atoms with Gasteiger partial charge < -0.3 is 5.32 Å². The highest BCUT2D eigenvalue weighted by Crippen LogP contribution is 2.30. The van der Waals surface area contributed by atoms with E-state index in [2.05, 4.69) is 15.3 Å². The highest BCUT2D eigenvalue weighted by Gasteiger charge is 2.33. The number of rotatable bonds is 3. The van der Waals surface area contributed by atoms with Gasteiger partial charge in [-0.1, -0.05) is 18.2 Å². The van der Waals surface area contributed by atoms with E-state index >= 15 is 0 Å². The molecule has 1 aromatic carbocycles. The first kappa shape index (κ1) is 18.1. The monoisotopic (exact) mass is 356 g/mol. The molecule has 0 aliphatic rings. The first-order valence-electron chi connectivity index (χ1n) is 7.91. The van der Waals surface area contributed by atoms with Crippen molar-refractivity contribution in [3.63, 3.8) is 0 Å². The maximum atomic E-state index is 13.1. The molecule has 3 rings (SSSR count). The smallest absolute Gasteiger partial charge is 0.387 e. The largest absolute Gasteiger partial charge is 0.433 e. The molecule has 0 bridgehead atoms. The van der Waals surface area contributed by atoms with Gasteiger partial charge in [-0.15, -0.1) is 0 Å². The summed E-state index contributed by atoms with van der Waals surface area (Å²) in [4.78, 5) is 20.4. The summed E-state index contributed by atoms with van der Waals surface area (Å²) < 4.78 is 40.5. The minimum atomic E-state index is -4.62. The van der Waals surface area contributed by atoms with E-state index in [9.17, 15) is 18.0 Å². The normalized spacial score (nSPS) is 12.3. The molecule has 0 saturated heterocycles. The van der Waals surface area contributed by atoms with Crippen LogP contribution in [0.1, 0.15) is 5.69 Å². The zero-order valence-electron chi connectivity index (χ0n) is 14.4. The third-order valence-electron chi connectivity index (χ3n) is 3.54. The van der Waals surface area contributed by atoms with Crippen LogP contribution in [0.3, 0.4) is 0 Å². The summed E-state index contributed by atoms with van der Waals surface area (Å²) >= 11 is 0. The van der Waals surface area contributed by atoms with Crippen molar-refractivity contribution in [1.29, 1.82) is 0 Å². The van der Waals surface area contributed by atoms with E-state index in [0.29, 0.717) is 11.1 Å². The van der Waals surface area contributed by atoms with E-state index in [-0.39, 0.29) is 11.5 Å². The highest BCUT2D eigenvalue weighted by atomic mass is 19.4. The zero-order chi connectivity index (χ0) is 19.1. The summed E-state index contributed by atoms with van der Waals surface area (Å²) in [5.74, 6) is 0.200. The van der Waals surface area contributed by atoms with Gasteiger partial charge in [0.15, 0.2) is 5.65 Å². The van der Waals surface area contributed by atoms with Gasteiger partial charge in [0, 0.05) is 0 Å². The molecule has 3 aromatic rings. The van der Waals surface area contributed by atoms with Gasteiger partial charge in [0.2, 0.25) is 0 Å². The fourth-order valence-electron chi connectivity index (χ4n) is 2.52. The van der Waals surface area contributed by atoms with Crippen molar-refractivity contribution >= 4 is 40.4 Å². The van der Waals surface area contributed by atoms with Crippen LogP contribution in [0.25, 0.3) is 16.7 Å². The lowest BCUT2D eigenvalue weighted by Crippen LogP contribution is -2.41. The standard InChI is InChI=1S/C15H14B3F3N4O/c16-15(17,18)24-11-9-6-7-10(14(19,20)21)22-12(9)25(13(26)23-11)8-4-2-1-3-5-8/h1-7H,16-18H2,(H,23,24,26). The third kappa shape index (κ3) is 3.61. The average molecular weight is 356 g/mol. The Bertz CT molecular complexity index is 1020. The molecule has 5 nitrogen and oxygen atoms in total. The molecular weight excluding hydrogens is 342 g/mol. The molecule has 0 aliphatic carbocycles. The Labute approximate surface area is 149 Å². The fraction of sp³-hybridized carbons (Fsp3) is 0.133. The minimum Gasteiger partial charge on any atom is -0.387 e. The fourth-order valence-corrected chi connectivity index (χ4v) is 2.52. The van der Waals surface area contributed by atoms with Crippen LogP contribution in [-0.4, -0.2) is 43.3 Å². The Morgan fingerprint density at radius 3 is 2.19 bits per heavy atom. The SMILES string of the molecule is BC(B)(B)Nc1nc(=O)n(-c2ccccc2)c2nc(C(F)(F)F)ccc12. The summed E-state index contributed by atoms with van der Waals surface area (Å²) in [6.45, 7) is 0. The molecule has 0 unspecified atom stereocenters. The minimum absolute atomic E-state index is 0.0993. The van der Waals surface area contributed by atoms with Crippen molar-refractivity contribution in [1.82, 2.24) is 14.5 Å². The zero-order valence-corrected chi connectivity index (χ0v) is 14.4. The first-order chi connectivity index (χ1) is 12.1. The number of alkyl halides is 3. The average Bonchev–Trinajstić information content (AvgIpc) is 2.53. The van der Waals surface area contributed by atoms with E-state index in [1.165, 1.54) is 6.07 Å². The molecule has 2 aromatic heterocycles. The van der Waals surface area contributed by atoms with Gasteiger partial charge in [-0.3, -0.25) is 0 Å². The molecule has 0 saturated carbocycles. The topological polar surface area (TPSA) is 59.8 Å². The summed E-state index contributed by atoms with van der Waals surface area (Å²) in [6, 6.07) is 10.5. The van der Waals surface area contributed by atoms with E-state index in [1.54, 1.807) is 30.3 Å². The van der Waals surface area contributed by atoms with E-state index in [1.807, 2.05) is 23.5 Å².